The van der Waals surface area contributed by atoms with E-state index < -0.39 is 17.6 Å². The maximum Gasteiger partial charge on any atom is 0.269 e. The molecule has 136 valence electrons. The Morgan fingerprint density at radius 1 is 0.889 bits per heavy atom. The molecule has 1 aromatic heterocycles. The molecule has 0 atom stereocenters. The minimum Gasteiger partial charge on any atom is -0.473 e. The Morgan fingerprint density at radius 3 is 2.26 bits per heavy atom. The van der Waals surface area contributed by atoms with Gasteiger partial charge < -0.3 is 4.74 Å². The lowest BCUT2D eigenvalue weighted by Gasteiger charge is -2.09. The summed E-state index contributed by atoms with van der Waals surface area (Å²) < 4.78 is 18.5. The van der Waals surface area contributed by atoms with Crippen LogP contribution in [0.5, 0.6) is 5.88 Å². The molecule has 0 spiro atoms. The fourth-order valence-electron chi connectivity index (χ4n) is 2.22. The van der Waals surface area contributed by atoms with Crippen LogP contribution in [0, 0.1) is 5.82 Å². The van der Waals surface area contributed by atoms with E-state index in [-0.39, 0.29) is 17.0 Å². The summed E-state index contributed by atoms with van der Waals surface area (Å²) in [5.41, 5.74) is 6.03. The number of hydrogen-bond donors (Lipinski definition) is 2. The lowest BCUT2D eigenvalue weighted by Crippen LogP contribution is -2.41. The third kappa shape index (κ3) is 5.12. The molecule has 0 fully saturated rings. The average molecular weight is 365 g/mol. The fourth-order valence-corrected chi connectivity index (χ4v) is 2.22. The lowest BCUT2D eigenvalue weighted by molar-refractivity contribution is 0.0846. The topological polar surface area (TPSA) is 80.3 Å². The number of halogens is 1. The summed E-state index contributed by atoms with van der Waals surface area (Å²) in [5, 5.41) is 0. The predicted octanol–water partition coefficient (Wildman–Crippen LogP) is 2.87. The van der Waals surface area contributed by atoms with Gasteiger partial charge in [-0.1, -0.05) is 30.3 Å². The van der Waals surface area contributed by atoms with Crippen molar-refractivity contribution in [3.8, 4) is 5.88 Å². The highest BCUT2D eigenvalue weighted by Crippen LogP contribution is 2.12. The monoisotopic (exact) mass is 365 g/mol. The smallest absolute Gasteiger partial charge is 0.269 e. The van der Waals surface area contributed by atoms with Crippen LogP contribution < -0.4 is 15.6 Å². The van der Waals surface area contributed by atoms with Crippen LogP contribution in [0.3, 0.4) is 0 Å². The predicted molar refractivity (Wildman–Crippen MR) is 96.3 cm³/mol. The second kappa shape index (κ2) is 8.57. The number of hydrazine groups is 1. The van der Waals surface area contributed by atoms with Crippen molar-refractivity contribution in [3.63, 3.8) is 0 Å². The largest absolute Gasteiger partial charge is 0.473 e. The second-order valence-corrected chi connectivity index (χ2v) is 5.57. The second-order valence-electron chi connectivity index (χ2n) is 5.57. The van der Waals surface area contributed by atoms with Gasteiger partial charge in [0.1, 0.15) is 12.4 Å². The van der Waals surface area contributed by atoms with Crippen LogP contribution >= 0.6 is 0 Å². The van der Waals surface area contributed by atoms with Gasteiger partial charge in [-0.25, -0.2) is 9.37 Å². The normalized spacial score (nSPS) is 10.1. The quantitative estimate of drug-likeness (QED) is 0.682. The molecule has 2 aromatic carbocycles. The Balaban J connectivity index is 1.56. The molecular weight excluding hydrogens is 349 g/mol. The fraction of sp³-hybridized carbons (Fsp3) is 0.0500. The van der Waals surface area contributed by atoms with Crippen LogP contribution in [0.15, 0.2) is 72.9 Å². The summed E-state index contributed by atoms with van der Waals surface area (Å²) in [6, 6.07) is 17.5. The van der Waals surface area contributed by atoms with Gasteiger partial charge in [0, 0.05) is 23.4 Å². The molecule has 27 heavy (non-hydrogen) atoms. The van der Waals surface area contributed by atoms with Crippen LogP contribution in [-0.2, 0) is 6.61 Å². The molecule has 0 aliphatic carbocycles. The number of carbonyl (C=O) groups excluding carboxylic acids is 2. The summed E-state index contributed by atoms with van der Waals surface area (Å²) in [6.45, 7) is 0.320. The standard InChI is InChI=1S/C20H16FN3O3/c21-17-8-6-15(7-9-17)19(25)23-24-20(26)16-10-11-22-18(12-16)27-13-14-4-2-1-3-5-14/h1-12H,13H2,(H,23,25)(H,24,26). The first-order chi connectivity index (χ1) is 13.1. The van der Waals surface area contributed by atoms with E-state index >= 15 is 0 Å². The Labute approximate surface area is 155 Å². The molecule has 0 saturated heterocycles. The number of nitrogens with one attached hydrogen (secondary N) is 2. The van der Waals surface area contributed by atoms with E-state index in [4.69, 9.17) is 4.74 Å². The van der Waals surface area contributed by atoms with Crippen molar-refractivity contribution in [1.29, 1.82) is 0 Å². The first-order valence-electron chi connectivity index (χ1n) is 8.11. The molecule has 0 bridgehead atoms. The lowest BCUT2D eigenvalue weighted by atomic mass is 10.2. The Hall–Kier alpha value is -3.74. The Kier molecular flexibility index (Phi) is 5.73. The van der Waals surface area contributed by atoms with Crippen LogP contribution in [0.1, 0.15) is 26.3 Å². The molecule has 3 rings (SSSR count). The van der Waals surface area contributed by atoms with E-state index in [1.54, 1.807) is 0 Å². The van der Waals surface area contributed by atoms with E-state index in [0.29, 0.717) is 6.61 Å². The SMILES string of the molecule is O=C(NNC(=O)c1ccnc(OCc2ccccc2)c1)c1ccc(F)cc1. The van der Waals surface area contributed by atoms with Crippen molar-refractivity contribution in [2.75, 3.05) is 0 Å². The van der Waals surface area contributed by atoms with Gasteiger partial charge in [0.25, 0.3) is 11.8 Å². The maximum atomic E-state index is 12.9. The summed E-state index contributed by atoms with van der Waals surface area (Å²) in [6.07, 6.45) is 1.44. The zero-order valence-electron chi connectivity index (χ0n) is 14.2. The number of rotatable bonds is 5. The molecule has 7 heteroatoms. The number of carbonyl (C=O) groups is 2. The van der Waals surface area contributed by atoms with Gasteiger partial charge in [0.2, 0.25) is 5.88 Å². The third-order valence-electron chi connectivity index (χ3n) is 3.62. The van der Waals surface area contributed by atoms with Gasteiger partial charge in [-0.3, -0.25) is 20.4 Å². The van der Waals surface area contributed by atoms with Gasteiger partial charge in [0.05, 0.1) is 0 Å². The van der Waals surface area contributed by atoms with Crippen molar-refractivity contribution in [2.45, 2.75) is 6.61 Å². The number of amides is 2. The maximum absolute atomic E-state index is 12.9. The molecule has 1 heterocycles. The number of hydrogen-bond acceptors (Lipinski definition) is 4. The average Bonchev–Trinajstić information content (AvgIpc) is 2.72. The van der Waals surface area contributed by atoms with Crippen molar-refractivity contribution >= 4 is 11.8 Å². The highest BCUT2D eigenvalue weighted by Gasteiger charge is 2.10. The van der Waals surface area contributed by atoms with E-state index in [1.165, 1.54) is 30.5 Å². The molecule has 0 aliphatic rings. The summed E-state index contributed by atoms with van der Waals surface area (Å²) >= 11 is 0. The van der Waals surface area contributed by atoms with Gasteiger partial charge in [-0.15, -0.1) is 0 Å². The molecule has 0 aliphatic heterocycles. The third-order valence-corrected chi connectivity index (χ3v) is 3.62. The molecular formula is C20H16FN3O3. The van der Waals surface area contributed by atoms with Crippen LogP contribution in [-0.4, -0.2) is 16.8 Å². The van der Waals surface area contributed by atoms with Gasteiger partial charge in [-0.05, 0) is 35.9 Å². The first-order valence-corrected chi connectivity index (χ1v) is 8.11. The van der Waals surface area contributed by atoms with Crippen LogP contribution in [0.4, 0.5) is 4.39 Å². The van der Waals surface area contributed by atoms with Crippen LogP contribution in [0.25, 0.3) is 0 Å². The number of pyridine rings is 1. The molecule has 2 amide bonds. The summed E-state index contributed by atoms with van der Waals surface area (Å²) in [7, 11) is 0. The molecule has 3 aromatic rings. The number of ether oxygens (including phenoxy) is 1. The zero-order chi connectivity index (χ0) is 19.1. The van der Waals surface area contributed by atoms with E-state index in [0.717, 1.165) is 17.7 Å². The van der Waals surface area contributed by atoms with Crippen molar-refractivity contribution in [1.82, 2.24) is 15.8 Å². The minimum absolute atomic E-state index is 0.221. The van der Waals surface area contributed by atoms with Gasteiger partial charge >= 0.3 is 0 Å². The molecule has 0 radical (unpaired) electrons. The highest BCUT2D eigenvalue weighted by atomic mass is 19.1. The summed E-state index contributed by atoms with van der Waals surface area (Å²) in [4.78, 5) is 28.2. The van der Waals surface area contributed by atoms with E-state index in [9.17, 15) is 14.0 Å². The summed E-state index contributed by atoms with van der Waals surface area (Å²) in [5.74, 6) is -1.25. The number of benzene rings is 2. The van der Waals surface area contributed by atoms with E-state index in [2.05, 4.69) is 15.8 Å². The van der Waals surface area contributed by atoms with E-state index in [1.807, 2.05) is 30.3 Å². The molecule has 0 saturated carbocycles. The van der Waals surface area contributed by atoms with Crippen molar-refractivity contribution in [2.24, 2.45) is 0 Å². The Bertz CT molecular complexity index is 931. The van der Waals surface area contributed by atoms with Gasteiger partial charge in [0.15, 0.2) is 0 Å². The zero-order valence-corrected chi connectivity index (χ0v) is 14.2. The van der Waals surface area contributed by atoms with Crippen molar-refractivity contribution < 1.29 is 18.7 Å². The first kappa shape index (κ1) is 18.1. The molecule has 0 unspecified atom stereocenters. The number of aromatic nitrogens is 1. The van der Waals surface area contributed by atoms with Crippen molar-refractivity contribution in [3.05, 3.63) is 95.4 Å². The molecule has 6 nitrogen and oxygen atoms in total. The molecule has 2 N–H and O–H groups in total. The Morgan fingerprint density at radius 2 is 1.56 bits per heavy atom. The van der Waals surface area contributed by atoms with Gasteiger partial charge in [-0.2, -0.15) is 0 Å². The number of nitrogens with zero attached hydrogens (tertiary/aromatic N) is 1. The minimum atomic E-state index is -0.557. The van der Waals surface area contributed by atoms with Crippen LogP contribution in [0.2, 0.25) is 0 Å². The highest BCUT2D eigenvalue weighted by molar-refractivity contribution is 5.99.